The van der Waals surface area contributed by atoms with E-state index in [1.54, 1.807) is 0 Å². The summed E-state index contributed by atoms with van der Waals surface area (Å²) in [7, 11) is 0. The molecule has 20 heavy (non-hydrogen) atoms. The number of rotatable bonds is 8. The van der Waals surface area contributed by atoms with Crippen LogP contribution in [0.2, 0.25) is 0 Å². The highest BCUT2D eigenvalue weighted by atomic mass is 16.2. The van der Waals surface area contributed by atoms with Crippen LogP contribution in [0.5, 0.6) is 0 Å². The van der Waals surface area contributed by atoms with Gasteiger partial charge in [-0.2, -0.15) is 0 Å². The first-order valence-corrected chi connectivity index (χ1v) is 7.29. The van der Waals surface area contributed by atoms with Crippen LogP contribution in [-0.4, -0.2) is 29.9 Å². The van der Waals surface area contributed by atoms with Gasteiger partial charge in [0.25, 0.3) is 5.91 Å². The Bertz CT molecular complexity index is 369. The van der Waals surface area contributed by atoms with Crippen LogP contribution < -0.4 is 16.0 Å². The van der Waals surface area contributed by atoms with Gasteiger partial charge < -0.3 is 10.6 Å². The zero-order chi connectivity index (χ0) is 15.1. The molecule has 0 radical (unpaired) electrons. The van der Waals surface area contributed by atoms with Crippen molar-refractivity contribution in [3.05, 3.63) is 0 Å². The molecule has 0 aliphatic carbocycles. The van der Waals surface area contributed by atoms with E-state index in [2.05, 4.69) is 29.8 Å². The minimum Gasteiger partial charge on any atom is -0.354 e. The standard InChI is InChI=1S/C14H25N3O3/c1-9(2)5-4-6-10(3)15-12(18)8-7-11-13(19)17-14(20)16-11/h9-11H,4-8H2,1-3H3,(H,15,18)(H2,16,17,19,20)/t10-,11-/m1/s1. The predicted molar refractivity (Wildman–Crippen MR) is 76.0 cm³/mol. The van der Waals surface area contributed by atoms with Crippen molar-refractivity contribution in [2.24, 2.45) is 5.92 Å². The van der Waals surface area contributed by atoms with E-state index >= 15 is 0 Å². The molecule has 6 heteroatoms. The molecule has 0 spiro atoms. The largest absolute Gasteiger partial charge is 0.354 e. The van der Waals surface area contributed by atoms with E-state index in [1.807, 2.05) is 6.92 Å². The van der Waals surface area contributed by atoms with Crippen molar-refractivity contribution in [1.29, 1.82) is 0 Å². The molecule has 1 saturated heterocycles. The van der Waals surface area contributed by atoms with Gasteiger partial charge in [0, 0.05) is 12.5 Å². The molecule has 4 amide bonds. The van der Waals surface area contributed by atoms with Crippen molar-refractivity contribution in [2.75, 3.05) is 0 Å². The van der Waals surface area contributed by atoms with E-state index in [0.717, 1.165) is 19.3 Å². The van der Waals surface area contributed by atoms with Gasteiger partial charge in [0.1, 0.15) is 6.04 Å². The van der Waals surface area contributed by atoms with Gasteiger partial charge in [-0.25, -0.2) is 4.79 Å². The van der Waals surface area contributed by atoms with Crippen molar-refractivity contribution in [3.63, 3.8) is 0 Å². The highest BCUT2D eigenvalue weighted by molar-refractivity contribution is 6.04. The van der Waals surface area contributed by atoms with Gasteiger partial charge in [-0.05, 0) is 25.7 Å². The van der Waals surface area contributed by atoms with Crippen LogP contribution in [0.15, 0.2) is 0 Å². The van der Waals surface area contributed by atoms with E-state index in [1.165, 1.54) is 0 Å². The second kappa shape index (κ2) is 7.87. The van der Waals surface area contributed by atoms with Crippen LogP contribution in [0.1, 0.15) is 52.9 Å². The molecule has 1 aliphatic heterocycles. The molecule has 0 unspecified atom stereocenters. The van der Waals surface area contributed by atoms with Crippen LogP contribution in [-0.2, 0) is 9.59 Å². The molecule has 1 aliphatic rings. The third-order valence-corrected chi connectivity index (χ3v) is 3.34. The van der Waals surface area contributed by atoms with Crippen LogP contribution in [0.4, 0.5) is 4.79 Å². The molecule has 114 valence electrons. The van der Waals surface area contributed by atoms with Gasteiger partial charge in [-0.15, -0.1) is 0 Å². The topological polar surface area (TPSA) is 87.3 Å². The van der Waals surface area contributed by atoms with E-state index in [0.29, 0.717) is 12.3 Å². The number of urea groups is 1. The second-order valence-electron chi connectivity index (χ2n) is 5.85. The summed E-state index contributed by atoms with van der Waals surface area (Å²) < 4.78 is 0. The summed E-state index contributed by atoms with van der Waals surface area (Å²) in [5.41, 5.74) is 0. The molecule has 3 N–H and O–H groups in total. The first-order valence-electron chi connectivity index (χ1n) is 7.29. The molecule has 0 aromatic heterocycles. The monoisotopic (exact) mass is 283 g/mol. The van der Waals surface area contributed by atoms with Crippen LogP contribution in [0, 0.1) is 5.92 Å². The minimum absolute atomic E-state index is 0.0732. The molecule has 0 aromatic carbocycles. The zero-order valence-corrected chi connectivity index (χ0v) is 12.5. The lowest BCUT2D eigenvalue weighted by molar-refractivity contribution is -0.122. The van der Waals surface area contributed by atoms with E-state index in [4.69, 9.17) is 0 Å². The average molecular weight is 283 g/mol. The molecule has 0 aromatic rings. The molecule has 2 atom stereocenters. The first-order chi connectivity index (χ1) is 9.38. The number of hydrogen-bond donors (Lipinski definition) is 3. The molecule has 1 fully saturated rings. The fourth-order valence-electron chi connectivity index (χ4n) is 2.19. The molecule has 6 nitrogen and oxygen atoms in total. The lowest BCUT2D eigenvalue weighted by atomic mass is 10.0. The number of carbonyl (C=O) groups is 3. The highest BCUT2D eigenvalue weighted by Crippen LogP contribution is 2.09. The maximum absolute atomic E-state index is 11.7. The number of nitrogens with one attached hydrogen (secondary N) is 3. The van der Waals surface area contributed by atoms with Crippen molar-refractivity contribution in [2.45, 2.75) is 65.0 Å². The summed E-state index contributed by atoms with van der Waals surface area (Å²) >= 11 is 0. The quantitative estimate of drug-likeness (QED) is 0.587. The third-order valence-electron chi connectivity index (χ3n) is 3.34. The van der Waals surface area contributed by atoms with Gasteiger partial charge in [0.05, 0.1) is 0 Å². The van der Waals surface area contributed by atoms with E-state index in [-0.39, 0.29) is 24.3 Å². The fraction of sp³-hybridized carbons (Fsp3) is 0.786. The van der Waals surface area contributed by atoms with Crippen molar-refractivity contribution >= 4 is 17.8 Å². The SMILES string of the molecule is CC(C)CCC[C@@H](C)NC(=O)CC[C@H]1NC(=O)NC1=O. The van der Waals surface area contributed by atoms with Gasteiger partial charge in [0.2, 0.25) is 5.91 Å². The summed E-state index contributed by atoms with van der Waals surface area (Å²) in [4.78, 5) is 34.0. The Balaban J connectivity index is 2.16. The number of hydrogen-bond acceptors (Lipinski definition) is 3. The molecule has 0 bridgehead atoms. The molecule has 0 saturated carbocycles. The van der Waals surface area contributed by atoms with Gasteiger partial charge in [0.15, 0.2) is 0 Å². The van der Waals surface area contributed by atoms with Crippen LogP contribution in [0.3, 0.4) is 0 Å². The molecular weight excluding hydrogens is 258 g/mol. The number of amides is 4. The summed E-state index contributed by atoms with van der Waals surface area (Å²) in [6.07, 6.45) is 3.80. The summed E-state index contributed by atoms with van der Waals surface area (Å²) in [6, 6.07) is -0.916. The first kappa shape index (κ1) is 16.5. The molecule has 1 rings (SSSR count). The zero-order valence-electron chi connectivity index (χ0n) is 12.5. The molecular formula is C14H25N3O3. The smallest absolute Gasteiger partial charge is 0.322 e. The van der Waals surface area contributed by atoms with Crippen molar-refractivity contribution < 1.29 is 14.4 Å². The van der Waals surface area contributed by atoms with Gasteiger partial charge in [-0.1, -0.05) is 26.7 Å². The average Bonchev–Trinajstić information content (AvgIpc) is 2.64. The summed E-state index contributed by atoms with van der Waals surface area (Å²) in [5.74, 6) is 0.256. The number of imide groups is 1. The Hall–Kier alpha value is -1.59. The second-order valence-corrected chi connectivity index (χ2v) is 5.85. The minimum atomic E-state index is -0.579. The Morgan fingerprint density at radius 3 is 2.50 bits per heavy atom. The van der Waals surface area contributed by atoms with Crippen LogP contribution in [0.25, 0.3) is 0 Å². The predicted octanol–water partition coefficient (Wildman–Crippen LogP) is 1.31. The van der Waals surface area contributed by atoms with Gasteiger partial charge >= 0.3 is 6.03 Å². The summed E-state index contributed by atoms with van der Waals surface area (Å²) in [5, 5.41) is 7.55. The van der Waals surface area contributed by atoms with E-state index in [9.17, 15) is 14.4 Å². The third kappa shape index (κ3) is 6.04. The Kier molecular flexibility index (Phi) is 6.48. The number of carbonyl (C=O) groups excluding carboxylic acids is 3. The van der Waals surface area contributed by atoms with Gasteiger partial charge in [-0.3, -0.25) is 14.9 Å². The maximum atomic E-state index is 11.7. The Morgan fingerprint density at radius 2 is 1.95 bits per heavy atom. The summed E-state index contributed by atoms with van der Waals surface area (Å²) in [6.45, 7) is 6.36. The van der Waals surface area contributed by atoms with Crippen molar-refractivity contribution in [3.8, 4) is 0 Å². The lowest BCUT2D eigenvalue weighted by Crippen LogP contribution is -2.35. The Labute approximate surface area is 120 Å². The molecule has 1 heterocycles. The van der Waals surface area contributed by atoms with Crippen LogP contribution >= 0.6 is 0 Å². The Morgan fingerprint density at radius 1 is 1.25 bits per heavy atom. The fourth-order valence-corrected chi connectivity index (χ4v) is 2.19. The highest BCUT2D eigenvalue weighted by Gasteiger charge is 2.29. The normalized spacial score (nSPS) is 19.7. The van der Waals surface area contributed by atoms with Crippen molar-refractivity contribution in [1.82, 2.24) is 16.0 Å². The van der Waals surface area contributed by atoms with E-state index < -0.39 is 12.1 Å². The lowest BCUT2D eigenvalue weighted by Gasteiger charge is -2.15. The maximum Gasteiger partial charge on any atom is 0.322 e.